The summed E-state index contributed by atoms with van der Waals surface area (Å²) in [6.07, 6.45) is 3.85. The maximum absolute atomic E-state index is 6.09. The van der Waals surface area contributed by atoms with E-state index in [9.17, 15) is 0 Å². The molecular formula is C24H31N5O. The second-order valence-electron chi connectivity index (χ2n) is 7.43. The molecule has 0 unspecified atom stereocenters. The number of fused-ring (bicyclic) bond motifs is 3. The van der Waals surface area contributed by atoms with Gasteiger partial charge in [0.1, 0.15) is 5.52 Å². The number of pyridine rings is 1. The fourth-order valence-corrected chi connectivity index (χ4v) is 3.58. The van der Waals surface area contributed by atoms with Crippen LogP contribution in [0.3, 0.4) is 0 Å². The van der Waals surface area contributed by atoms with Gasteiger partial charge in [0.05, 0.1) is 24.0 Å². The van der Waals surface area contributed by atoms with E-state index in [1.165, 1.54) is 11.3 Å². The largest absolute Gasteiger partial charge is 0.382 e. The number of ether oxygens (including phenoxy) is 1. The van der Waals surface area contributed by atoms with Crippen LogP contribution in [0.4, 0.5) is 11.5 Å². The van der Waals surface area contributed by atoms with Gasteiger partial charge >= 0.3 is 0 Å². The summed E-state index contributed by atoms with van der Waals surface area (Å²) in [5.74, 6) is 0.471. The van der Waals surface area contributed by atoms with Crippen LogP contribution in [0.2, 0.25) is 0 Å². The number of para-hydroxylation sites is 1. The highest BCUT2D eigenvalue weighted by Crippen LogP contribution is 2.26. The van der Waals surface area contributed by atoms with Crippen LogP contribution in [0.1, 0.15) is 19.4 Å². The van der Waals surface area contributed by atoms with E-state index in [2.05, 4.69) is 63.9 Å². The Labute approximate surface area is 178 Å². The smallest absolute Gasteiger partial charge is 0.152 e. The van der Waals surface area contributed by atoms with Crippen LogP contribution in [0, 0.1) is 0 Å². The topological polar surface area (TPSA) is 69.2 Å². The lowest BCUT2D eigenvalue weighted by atomic mass is 10.1. The van der Waals surface area contributed by atoms with Gasteiger partial charge in [0, 0.05) is 38.3 Å². The van der Waals surface area contributed by atoms with Gasteiger partial charge in [-0.3, -0.25) is 0 Å². The summed E-state index contributed by atoms with van der Waals surface area (Å²) >= 11 is 0. The van der Waals surface area contributed by atoms with E-state index in [0.29, 0.717) is 12.4 Å². The number of anilines is 2. The number of aryl methyl sites for hydroxylation is 1. The van der Waals surface area contributed by atoms with Crippen molar-refractivity contribution < 1.29 is 4.74 Å². The first-order chi connectivity index (χ1) is 14.1. The fourth-order valence-electron chi connectivity index (χ4n) is 3.58. The molecule has 0 amide bonds. The Morgan fingerprint density at radius 2 is 1.80 bits per heavy atom. The van der Waals surface area contributed by atoms with Crippen molar-refractivity contribution in [2.75, 3.05) is 37.9 Å². The lowest BCUT2D eigenvalue weighted by Gasteiger charge is -2.12. The van der Waals surface area contributed by atoms with Crippen molar-refractivity contribution in [3.8, 4) is 0 Å². The van der Waals surface area contributed by atoms with Crippen LogP contribution in [0.25, 0.3) is 21.9 Å². The number of nitrogen functional groups attached to an aromatic ring is 1. The third kappa shape index (κ3) is 4.54. The predicted molar refractivity (Wildman–Crippen MR) is 126 cm³/mol. The molecule has 2 N–H and O–H groups in total. The van der Waals surface area contributed by atoms with E-state index in [-0.39, 0.29) is 7.43 Å². The normalized spacial score (nSPS) is 11.0. The van der Waals surface area contributed by atoms with E-state index in [0.717, 1.165) is 47.9 Å². The molecule has 2 aromatic carbocycles. The Morgan fingerprint density at radius 3 is 2.57 bits per heavy atom. The average Bonchev–Trinajstić information content (AvgIpc) is 3.16. The molecule has 0 aliphatic rings. The summed E-state index contributed by atoms with van der Waals surface area (Å²) in [4.78, 5) is 11.0. The number of nitrogens with zero attached hydrogens (tertiary/aromatic N) is 4. The van der Waals surface area contributed by atoms with Gasteiger partial charge in [-0.15, -0.1) is 0 Å². The van der Waals surface area contributed by atoms with Crippen molar-refractivity contribution in [3.63, 3.8) is 0 Å². The molecule has 2 aromatic heterocycles. The lowest BCUT2D eigenvalue weighted by molar-refractivity contribution is 0.125. The standard InChI is InChI=1S/C23H27N5O.CH4/c1-27(2)18-11-9-17(10-12-18)6-5-14-29-15-13-28-16-25-21-22(28)19-7-3-4-8-20(19)26-23(21)24;/h3-4,7-12,16H,5-6,13-15H2,1-2H3,(H2,24,26);1H4. The van der Waals surface area contributed by atoms with E-state index >= 15 is 0 Å². The highest BCUT2D eigenvalue weighted by molar-refractivity contribution is 6.06. The molecule has 0 aliphatic heterocycles. The molecule has 0 spiro atoms. The first-order valence-electron chi connectivity index (χ1n) is 9.96. The Balaban J connectivity index is 0.00000256. The number of nitrogens with two attached hydrogens (primary N) is 1. The summed E-state index contributed by atoms with van der Waals surface area (Å²) in [5.41, 5.74) is 11.3. The molecule has 2 heterocycles. The van der Waals surface area contributed by atoms with Gasteiger partial charge in [-0.25, -0.2) is 9.97 Å². The molecule has 6 nitrogen and oxygen atoms in total. The summed E-state index contributed by atoms with van der Waals surface area (Å²) in [6.45, 7) is 2.12. The molecule has 0 bridgehead atoms. The van der Waals surface area contributed by atoms with Gasteiger partial charge in [-0.1, -0.05) is 37.8 Å². The minimum Gasteiger partial charge on any atom is -0.382 e. The SMILES string of the molecule is C.CN(C)c1ccc(CCCOCCn2cnc3c(N)nc4ccccc4c32)cc1. The van der Waals surface area contributed by atoms with Gasteiger partial charge in [0.15, 0.2) is 5.82 Å². The summed E-state index contributed by atoms with van der Waals surface area (Å²) in [7, 11) is 4.11. The number of imidazole rings is 1. The van der Waals surface area contributed by atoms with Crippen molar-refractivity contribution in [1.29, 1.82) is 0 Å². The molecule has 4 aromatic rings. The van der Waals surface area contributed by atoms with Crippen molar-refractivity contribution in [2.45, 2.75) is 26.8 Å². The minimum atomic E-state index is 0. The van der Waals surface area contributed by atoms with Crippen LogP contribution in [-0.4, -0.2) is 41.8 Å². The van der Waals surface area contributed by atoms with Crippen molar-refractivity contribution in [3.05, 3.63) is 60.4 Å². The van der Waals surface area contributed by atoms with Crippen LogP contribution in [0.5, 0.6) is 0 Å². The van der Waals surface area contributed by atoms with Gasteiger partial charge in [0.2, 0.25) is 0 Å². The van der Waals surface area contributed by atoms with Crippen LogP contribution < -0.4 is 10.6 Å². The number of hydrogen-bond acceptors (Lipinski definition) is 5. The van der Waals surface area contributed by atoms with Gasteiger partial charge in [-0.2, -0.15) is 0 Å². The second kappa shape index (κ2) is 9.59. The monoisotopic (exact) mass is 405 g/mol. The molecule has 30 heavy (non-hydrogen) atoms. The van der Waals surface area contributed by atoms with Gasteiger partial charge < -0.3 is 19.9 Å². The third-order valence-corrected chi connectivity index (χ3v) is 5.16. The molecule has 158 valence electrons. The molecule has 4 rings (SSSR count). The van der Waals surface area contributed by atoms with E-state index < -0.39 is 0 Å². The van der Waals surface area contributed by atoms with Crippen molar-refractivity contribution in [2.24, 2.45) is 0 Å². The number of rotatable bonds is 8. The van der Waals surface area contributed by atoms with Crippen LogP contribution in [0.15, 0.2) is 54.9 Å². The zero-order chi connectivity index (χ0) is 20.2. The minimum absolute atomic E-state index is 0. The Kier molecular flexibility index (Phi) is 6.90. The third-order valence-electron chi connectivity index (χ3n) is 5.16. The molecule has 6 heteroatoms. The summed E-state index contributed by atoms with van der Waals surface area (Å²) in [6, 6.07) is 16.7. The molecule has 0 aliphatic carbocycles. The maximum Gasteiger partial charge on any atom is 0.152 e. The Hall–Kier alpha value is -3.12. The predicted octanol–water partition coefficient (Wildman–Crippen LogP) is 4.52. The highest BCUT2D eigenvalue weighted by atomic mass is 16.5. The average molecular weight is 406 g/mol. The first-order valence-corrected chi connectivity index (χ1v) is 9.96. The Bertz CT molecular complexity index is 1100. The van der Waals surface area contributed by atoms with Gasteiger partial charge in [-0.05, 0) is 36.6 Å². The zero-order valence-corrected chi connectivity index (χ0v) is 17.0. The zero-order valence-electron chi connectivity index (χ0n) is 17.0. The number of hydrogen-bond donors (Lipinski definition) is 1. The maximum atomic E-state index is 6.09. The molecule has 0 radical (unpaired) electrons. The van der Waals surface area contributed by atoms with Crippen molar-refractivity contribution in [1.82, 2.24) is 14.5 Å². The molecule has 0 saturated carbocycles. The highest BCUT2D eigenvalue weighted by Gasteiger charge is 2.11. The quantitative estimate of drug-likeness (QED) is 0.437. The molecule has 0 saturated heterocycles. The Morgan fingerprint density at radius 1 is 1.03 bits per heavy atom. The molecule has 0 atom stereocenters. The first kappa shape index (κ1) is 21.6. The van der Waals surface area contributed by atoms with Crippen LogP contribution in [-0.2, 0) is 17.7 Å². The van der Waals surface area contributed by atoms with E-state index in [1.54, 1.807) is 0 Å². The summed E-state index contributed by atoms with van der Waals surface area (Å²) in [5, 5.41) is 1.07. The number of benzene rings is 2. The van der Waals surface area contributed by atoms with Crippen LogP contribution >= 0.6 is 0 Å². The van der Waals surface area contributed by atoms with E-state index in [1.807, 2.05) is 24.5 Å². The number of aromatic nitrogens is 3. The van der Waals surface area contributed by atoms with Crippen molar-refractivity contribution >= 4 is 33.4 Å². The fraction of sp³-hybridized carbons (Fsp3) is 0.333. The lowest BCUT2D eigenvalue weighted by Crippen LogP contribution is -2.08. The van der Waals surface area contributed by atoms with Gasteiger partial charge in [0.25, 0.3) is 0 Å². The second-order valence-corrected chi connectivity index (χ2v) is 7.43. The summed E-state index contributed by atoms with van der Waals surface area (Å²) < 4.78 is 7.98. The molecule has 0 fully saturated rings. The molecular weight excluding hydrogens is 374 g/mol. The van der Waals surface area contributed by atoms with E-state index in [4.69, 9.17) is 10.5 Å².